The lowest BCUT2D eigenvalue weighted by atomic mass is 9.99. The molecule has 1 fully saturated rings. The van der Waals surface area contributed by atoms with E-state index in [0.717, 1.165) is 51.1 Å². The fourth-order valence-electron chi connectivity index (χ4n) is 3.33. The van der Waals surface area contributed by atoms with E-state index in [0.29, 0.717) is 13.2 Å². The van der Waals surface area contributed by atoms with Gasteiger partial charge in [-0.3, -0.25) is 0 Å². The van der Waals surface area contributed by atoms with Crippen molar-refractivity contribution >= 4 is 33.1 Å². The summed E-state index contributed by atoms with van der Waals surface area (Å²) >= 11 is 9.46. The van der Waals surface area contributed by atoms with Gasteiger partial charge in [-0.2, -0.15) is 0 Å². The maximum atomic E-state index is 6.11. The van der Waals surface area contributed by atoms with Crippen LogP contribution in [0.5, 0.6) is 11.5 Å². The third kappa shape index (κ3) is 5.26. The molecular weight excluding hydrogens is 434 g/mol. The molecule has 150 valence electrons. The first-order valence-corrected chi connectivity index (χ1v) is 11.1. The number of hydrogen-bond acceptors (Lipinski definition) is 3. The Balaban J connectivity index is 1.79. The number of piperidine rings is 1. The summed E-state index contributed by atoms with van der Waals surface area (Å²) in [4.78, 5) is 3.19. The van der Waals surface area contributed by atoms with Gasteiger partial charge in [0.25, 0.3) is 0 Å². The summed E-state index contributed by atoms with van der Waals surface area (Å²) in [6, 6.07) is 12.4. The van der Waals surface area contributed by atoms with Gasteiger partial charge in [0.1, 0.15) is 11.6 Å². The van der Waals surface area contributed by atoms with Crippen LogP contribution in [0.2, 0.25) is 0 Å². The van der Waals surface area contributed by atoms with Gasteiger partial charge in [-0.05, 0) is 66.2 Å². The predicted octanol–water partition coefficient (Wildman–Crippen LogP) is 6.14. The van der Waals surface area contributed by atoms with Gasteiger partial charge >= 0.3 is 0 Å². The third-order valence-corrected chi connectivity index (χ3v) is 6.21. The first-order valence-electron chi connectivity index (χ1n) is 9.92. The number of halogens is 1. The molecule has 2 aromatic carbocycles. The van der Waals surface area contributed by atoms with Crippen LogP contribution in [0.15, 0.2) is 40.9 Å². The van der Waals surface area contributed by atoms with Crippen molar-refractivity contribution in [2.75, 3.05) is 19.7 Å². The van der Waals surface area contributed by atoms with Gasteiger partial charge in [0, 0.05) is 18.7 Å². The minimum Gasteiger partial charge on any atom is -0.490 e. The molecule has 1 aliphatic rings. The zero-order chi connectivity index (χ0) is 20.1. The molecule has 5 heteroatoms. The van der Waals surface area contributed by atoms with E-state index >= 15 is 0 Å². The van der Waals surface area contributed by atoms with Crippen LogP contribution < -0.4 is 9.47 Å². The van der Waals surface area contributed by atoms with E-state index < -0.39 is 0 Å². The summed E-state index contributed by atoms with van der Waals surface area (Å²) in [5.74, 6) is 2.23. The maximum absolute atomic E-state index is 6.11. The Labute approximate surface area is 182 Å². The average Bonchev–Trinajstić information content (AvgIpc) is 2.69. The molecular formula is C23H28BrNO2S. The van der Waals surface area contributed by atoms with Gasteiger partial charge in [-0.25, -0.2) is 0 Å². The van der Waals surface area contributed by atoms with Crippen molar-refractivity contribution in [1.29, 1.82) is 0 Å². The lowest BCUT2D eigenvalue weighted by molar-refractivity contribution is 0.267. The number of benzene rings is 2. The van der Waals surface area contributed by atoms with Gasteiger partial charge in [-0.1, -0.05) is 49.0 Å². The van der Waals surface area contributed by atoms with Crippen molar-refractivity contribution in [3.05, 3.63) is 57.6 Å². The minimum absolute atomic E-state index is 0.493. The molecule has 1 saturated heterocycles. The summed E-state index contributed by atoms with van der Waals surface area (Å²) in [5, 5.41) is 0. The van der Waals surface area contributed by atoms with Crippen molar-refractivity contribution in [2.24, 2.45) is 5.92 Å². The number of aryl methyl sites for hydroxylation is 1. The Bertz CT molecular complexity index is 814. The molecule has 0 radical (unpaired) electrons. The van der Waals surface area contributed by atoms with Gasteiger partial charge in [-0.15, -0.1) is 0 Å². The van der Waals surface area contributed by atoms with Crippen molar-refractivity contribution in [3.8, 4) is 11.5 Å². The highest BCUT2D eigenvalue weighted by Crippen LogP contribution is 2.38. The Morgan fingerprint density at radius 1 is 1.14 bits per heavy atom. The molecule has 0 aliphatic carbocycles. The van der Waals surface area contributed by atoms with E-state index in [1.165, 1.54) is 18.4 Å². The molecule has 2 aromatic rings. The molecule has 0 saturated carbocycles. The third-order valence-electron chi connectivity index (χ3n) is 5.13. The zero-order valence-corrected chi connectivity index (χ0v) is 19.2. The van der Waals surface area contributed by atoms with E-state index in [-0.39, 0.29) is 0 Å². The average molecular weight is 462 g/mol. The largest absolute Gasteiger partial charge is 0.490 e. The van der Waals surface area contributed by atoms with Gasteiger partial charge in [0.05, 0.1) is 11.1 Å². The first kappa shape index (κ1) is 21.1. The SMILES string of the molecule is CCOc1cc(C(=S)N2CCC(C)CC2)cc(Br)c1OCc1ccc(C)cc1. The highest BCUT2D eigenvalue weighted by Gasteiger charge is 2.21. The predicted molar refractivity (Wildman–Crippen MR) is 122 cm³/mol. The quantitative estimate of drug-likeness (QED) is 0.481. The molecule has 0 unspecified atom stereocenters. The summed E-state index contributed by atoms with van der Waals surface area (Å²) in [7, 11) is 0. The summed E-state index contributed by atoms with van der Waals surface area (Å²) in [6.07, 6.45) is 2.38. The number of likely N-dealkylation sites (tertiary alicyclic amines) is 1. The van der Waals surface area contributed by atoms with Crippen molar-refractivity contribution < 1.29 is 9.47 Å². The second-order valence-electron chi connectivity index (χ2n) is 7.47. The summed E-state index contributed by atoms with van der Waals surface area (Å²) in [5.41, 5.74) is 3.37. The van der Waals surface area contributed by atoms with E-state index in [1.807, 2.05) is 19.1 Å². The molecule has 0 amide bonds. The summed E-state index contributed by atoms with van der Waals surface area (Å²) < 4.78 is 12.9. The van der Waals surface area contributed by atoms with Crippen LogP contribution in [-0.2, 0) is 6.61 Å². The number of hydrogen-bond donors (Lipinski definition) is 0. The monoisotopic (exact) mass is 461 g/mol. The van der Waals surface area contributed by atoms with Gasteiger partial charge in [0.2, 0.25) is 0 Å². The van der Waals surface area contributed by atoms with Crippen LogP contribution in [0, 0.1) is 12.8 Å². The molecule has 0 bridgehead atoms. The van der Waals surface area contributed by atoms with Crippen LogP contribution in [0.4, 0.5) is 0 Å². The van der Waals surface area contributed by atoms with Gasteiger partial charge < -0.3 is 14.4 Å². The fourth-order valence-corrected chi connectivity index (χ4v) is 4.19. The van der Waals surface area contributed by atoms with Crippen LogP contribution in [0.3, 0.4) is 0 Å². The Morgan fingerprint density at radius 3 is 2.46 bits per heavy atom. The smallest absolute Gasteiger partial charge is 0.175 e. The topological polar surface area (TPSA) is 21.7 Å². The number of nitrogens with zero attached hydrogens (tertiary/aromatic N) is 1. The van der Waals surface area contributed by atoms with Crippen LogP contribution >= 0.6 is 28.1 Å². The molecule has 1 aliphatic heterocycles. The molecule has 0 atom stereocenters. The lowest BCUT2D eigenvalue weighted by Gasteiger charge is -2.32. The number of thiocarbonyl (C=S) groups is 1. The second-order valence-corrected chi connectivity index (χ2v) is 8.71. The molecule has 1 heterocycles. The minimum atomic E-state index is 0.493. The van der Waals surface area contributed by atoms with Crippen molar-refractivity contribution in [3.63, 3.8) is 0 Å². The first-order chi connectivity index (χ1) is 13.5. The highest BCUT2D eigenvalue weighted by atomic mass is 79.9. The Morgan fingerprint density at radius 2 is 1.82 bits per heavy atom. The highest BCUT2D eigenvalue weighted by molar-refractivity contribution is 9.10. The molecule has 0 aromatic heterocycles. The van der Waals surface area contributed by atoms with E-state index in [9.17, 15) is 0 Å². The van der Waals surface area contributed by atoms with E-state index in [4.69, 9.17) is 21.7 Å². The Kier molecular flexibility index (Phi) is 7.36. The van der Waals surface area contributed by atoms with E-state index in [1.54, 1.807) is 0 Å². The Hall–Kier alpha value is -1.59. The number of ether oxygens (including phenoxy) is 2. The second kappa shape index (κ2) is 9.75. The van der Waals surface area contributed by atoms with Crippen molar-refractivity contribution in [2.45, 2.75) is 40.2 Å². The molecule has 28 heavy (non-hydrogen) atoms. The lowest BCUT2D eigenvalue weighted by Crippen LogP contribution is -2.37. The van der Waals surface area contributed by atoms with Crippen LogP contribution in [-0.4, -0.2) is 29.6 Å². The number of rotatable bonds is 6. The van der Waals surface area contributed by atoms with Crippen molar-refractivity contribution in [1.82, 2.24) is 4.90 Å². The fraction of sp³-hybridized carbons (Fsp3) is 0.435. The van der Waals surface area contributed by atoms with Crippen LogP contribution in [0.25, 0.3) is 0 Å². The zero-order valence-electron chi connectivity index (χ0n) is 16.8. The van der Waals surface area contributed by atoms with E-state index in [2.05, 4.69) is 58.9 Å². The molecule has 0 spiro atoms. The van der Waals surface area contributed by atoms with Crippen LogP contribution in [0.1, 0.15) is 43.4 Å². The molecule has 3 nitrogen and oxygen atoms in total. The summed E-state index contributed by atoms with van der Waals surface area (Å²) in [6.45, 7) is 9.48. The standard InChI is InChI=1S/C23H28BrNO2S/c1-4-26-21-14-19(23(28)25-11-9-17(3)10-12-25)13-20(24)22(21)27-15-18-7-5-16(2)6-8-18/h5-8,13-14,17H,4,9-12,15H2,1-3H3. The van der Waals surface area contributed by atoms with Gasteiger partial charge in [0.15, 0.2) is 11.5 Å². The molecule has 0 N–H and O–H groups in total. The maximum Gasteiger partial charge on any atom is 0.175 e. The normalized spacial score (nSPS) is 14.8. The molecule has 3 rings (SSSR count).